The van der Waals surface area contributed by atoms with E-state index in [9.17, 15) is 24.9 Å². The van der Waals surface area contributed by atoms with Crippen molar-refractivity contribution < 1.29 is 34.4 Å². The minimum absolute atomic E-state index is 0.0512. The molecule has 2 heterocycles. The third-order valence-corrected chi connectivity index (χ3v) is 10.8. The normalized spacial score (nSPS) is 14.3. The van der Waals surface area contributed by atoms with E-state index in [0.29, 0.717) is 37.2 Å². The lowest BCUT2D eigenvalue weighted by atomic mass is 9.96. The Labute approximate surface area is 316 Å². The number of nitrogens with zero attached hydrogens (tertiary/aromatic N) is 6. The van der Waals surface area contributed by atoms with Gasteiger partial charge >= 0.3 is 0 Å². The molecule has 3 atom stereocenters. The molecule has 292 valence electrons. The maximum absolute atomic E-state index is 12.8. The summed E-state index contributed by atoms with van der Waals surface area (Å²) in [6, 6.07) is 0. The lowest BCUT2D eigenvalue weighted by molar-refractivity contribution is -0.129. The molecular formula is C33H60N8O7S3. The first-order chi connectivity index (χ1) is 24.5. The highest BCUT2D eigenvalue weighted by atomic mass is 32.2. The average Bonchev–Trinajstić information content (AvgIpc) is 3.78. The van der Waals surface area contributed by atoms with Crippen LogP contribution in [0.5, 0.6) is 0 Å². The highest BCUT2D eigenvalue weighted by Gasteiger charge is 2.33. The molecular weight excluding hydrogens is 717 g/mol. The molecule has 5 N–H and O–H groups in total. The van der Waals surface area contributed by atoms with E-state index in [1.165, 1.54) is 0 Å². The number of carbonyl (C=O) groups excluding carboxylic acids is 2. The molecule has 0 radical (unpaired) electrons. The van der Waals surface area contributed by atoms with Crippen LogP contribution in [0.1, 0.15) is 77.6 Å². The van der Waals surface area contributed by atoms with E-state index in [2.05, 4.69) is 57.7 Å². The van der Waals surface area contributed by atoms with Crippen molar-refractivity contribution in [2.75, 3.05) is 56.0 Å². The molecule has 3 unspecified atom stereocenters. The van der Waals surface area contributed by atoms with Gasteiger partial charge in [0, 0.05) is 36.4 Å². The second-order valence-corrected chi connectivity index (χ2v) is 16.3. The fourth-order valence-corrected chi connectivity index (χ4v) is 7.05. The van der Waals surface area contributed by atoms with Gasteiger partial charge in [-0.05, 0) is 56.3 Å². The van der Waals surface area contributed by atoms with E-state index in [4.69, 9.17) is 9.47 Å². The molecule has 0 aliphatic carbocycles. The van der Waals surface area contributed by atoms with Crippen molar-refractivity contribution in [3.8, 4) is 0 Å². The van der Waals surface area contributed by atoms with Gasteiger partial charge in [0.05, 0.1) is 64.2 Å². The fraction of sp³-hybridized carbons (Fsp3) is 0.818. The number of hydrogen-bond donors (Lipinski definition) is 6. The molecule has 0 saturated carbocycles. The highest BCUT2D eigenvalue weighted by molar-refractivity contribution is 7.99. The van der Waals surface area contributed by atoms with Crippen molar-refractivity contribution in [2.24, 2.45) is 5.92 Å². The van der Waals surface area contributed by atoms with Crippen LogP contribution in [0.15, 0.2) is 12.4 Å². The molecule has 0 bridgehead atoms. The van der Waals surface area contributed by atoms with Gasteiger partial charge in [-0.3, -0.25) is 19.0 Å². The maximum Gasteiger partial charge on any atom is 0.223 e. The van der Waals surface area contributed by atoms with Crippen LogP contribution >= 0.6 is 36.2 Å². The lowest BCUT2D eigenvalue weighted by Gasteiger charge is -2.31. The summed E-state index contributed by atoms with van der Waals surface area (Å²) in [6.07, 6.45) is 8.20. The van der Waals surface area contributed by atoms with Crippen LogP contribution in [0.25, 0.3) is 0 Å². The van der Waals surface area contributed by atoms with E-state index < -0.39 is 30.9 Å². The van der Waals surface area contributed by atoms with Gasteiger partial charge in [-0.25, -0.2) is 0 Å². The van der Waals surface area contributed by atoms with Gasteiger partial charge in [0.25, 0.3) is 0 Å². The fourth-order valence-electron chi connectivity index (χ4n) is 5.02. The summed E-state index contributed by atoms with van der Waals surface area (Å²) in [5.41, 5.74) is -0.796. The minimum atomic E-state index is -1.42. The Morgan fingerprint density at radius 2 is 1.51 bits per heavy atom. The third-order valence-electron chi connectivity index (χ3n) is 8.03. The van der Waals surface area contributed by atoms with Crippen LogP contribution in [0.3, 0.4) is 0 Å². The molecule has 18 heteroatoms. The number of aryl methyl sites for hydroxylation is 2. The number of thioether (sulfide) groups is 2. The van der Waals surface area contributed by atoms with Crippen molar-refractivity contribution in [3.63, 3.8) is 0 Å². The predicted molar refractivity (Wildman–Crippen MR) is 204 cm³/mol. The molecule has 0 saturated heterocycles. The van der Waals surface area contributed by atoms with Gasteiger partial charge in [0.15, 0.2) is 0 Å². The molecule has 0 aliphatic rings. The Bertz CT molecular complexity index is 1240. The van der Waals surface area contributed by atoms with Crippen molar-refractivity contribution in [1.82, 2.24) is 40.6 Å². The summed E-state index contributed by atoms with van der Waals surface area (Å²) in [5.74, 6) is 2.79. The van der Waals surface area contributed by atoms with Crippen molar-refractivity contribution >= 4 is 48.0 Å². The van der Waals surface area contributed by atoms with Gasteiger partial charge in [-0.1, -0.05) is 31.2 Å². The zero-order valence-electron chi connectivity index (χ0n) is 30.7. The first-order valence-corrected chi connectivity index (χ1v) is 20.6. The quantitative estimate of drug-likeness (QED) is 0.0499. The standard InChI is InChI=1S/C33H60N8O7S3/c1-5-13-50-15-9-30(45)34-32(4,24-47-19-28-17-40(38-36-28)10-7-12-49)25-48-20-29-18-41(39-37-29)11-8-14-51-26(3)16-27(6-2)31(46)35-33(21-42,22-43)23-44/h17-18,26-27,42-44,49H,5-16,19-25H2,1-4H3,(H,34,45)(H,35,46). The Morgan fingerprint density at radius 1 is 0.922 bits per heavy atom. The molecule has 0 aliphatic heterocycles. The second-order valence-electron chi connectivity index (χ2n) is 13.1. The Balaban J connectivity index is 1.81. The van der Waals surface area contributed by atoms with Crippen LogP contribution in [-0.2, 0) is 45.4 Å². The van der Waals surface area contributed by atoms with Crippen LogP contribution < -0.4 is 10.6 Å². The molecule has 15 nitrogen and oxygen atoms in total. The summed E-state index contributed by atoms with van der Waals surface area (Å²) in [4.78, 5) is 25.6. The number of thiol groups is 1. The monoisotopic (exact) mass is 776 g/mol. The van der Waals surface area contributed by atoms with E-state index >= 15 is 0 Å². The van der Waals surface area contributed by atoms with Gasteiger partial charge in [-0.15, -0.1) is 10.2 Å². The number of carbonyl (C=O) groups is 2. The molecule has 2 amide bonds. The molecule has 2 aromatic heterocycles. The summed E-state index contributed by atoms with van der Waals surface area (Å²) >= 11 is 7.77. The number of hydrogen-bond acceptors (Lipinski definition) is 14. The van der Waals surface area contributed by atoms with E-state index in [1.54, 1.807) is 32.9 Å². The molecule has 0 fully saturated rings. The van der Waals surface area contributed by atoms with E-state index in [1.807, 2.05) is 26.2 Å². The zero-order chi connectivity index (χ0) is 37.5. The van der Waals surface area contributed by atoms with Gasteiger partial charge in [0.1, 0.15) is 16.9 Å². The van der Waals surface area contributed by atoms with Gasteiger partial charge in [-0.2, -0.15) is 36.2 Å². The number of aliphatic hydroxyl groups excluding tert-OH is 3. The third kappa shape index (κ3) is 17.6. The maximum atomic E-state index is 12.8. The van der Waals surface area contributed by atoms with Crippen LogP contribution in [0.2, 0.25) is 0 Å². The Morgan fingerprint density at radius 3 is 2.04 bits per heavy atom. The van der Waals surface area contributed by atoms with Crippen molar-refractivity contribution in [3.05, 3.63) is 23.8 Å². The Kier molecular flexibility index (Phi) is 22.3. The molecule has 2 rings (SSSR count). The lowest BCUT2D eigenvalue weighted by Crippen LogP contribution is -2.58. The number of ether oxygens (including phenoxy) is 2. The molecule has 0 aromatic carbocycles. The molecule has 0 spiro atoms. The topological polar surface area (TPSA) is 199 Å². The van der Waals surface area contributed by atoms with Gasteiger partial charge < -0.3 is 35.4 Å². The predicted octanol–water partition coefficient (Wildman–Crippen LogP) is 2.09. The zero-order valence-corrected chi connectivity index (χ0v) is 33.2. The minimum Gasteiger partial charge on any atom is -0.394 e. The summed E-state index contributed by atoms with van der Waals surface area (Å²) in [6.45, 7) is 8.75. The number of amides is 2. The average molecular weight is 777 g/mol. The number of nitrogens with one attached hydrogen (secondary N) is 2. The van der Waals surface area contributed by atoms with Gasteiger partial charge in [0.2, 0.25) is 11.8 Å². The highest BCUT2D eigenvalue weighted by Crippen LogP contribution is 2.23. The smallest absolute Gasteiger partial charge is 0.223 e. The van der Waals surface area contributed by atoms with Crippen LogP contribution in [-0.4, -0.2) is 129 Å². The first kappa shape index (κ1) is 45.2. The summed E-state index contributed by atoms with van der Waals surface area (Å²) < 4.78 is 15.6. The number of aliphatic hydroxyl groups is 3. The second kappa shape index (κ2) is 25.2. The van der Waals surface area contributed by atoms with Crippen LogP contribution in [0, 0.1) is 5.92 Å². The Hall–Kier alpha value is -1.93. The van der Waals surface area contributed by atoms with Crippen LogP contribution in [0.4, 0.5) is 0 Å². The number of rotatable bonds is 30. The molecule has 51 heavy (non-hydrogen) atoms. The van der Waals surface area contributed by atoms with E-state index in [0.717, 1.165) is 48.8 Å². The van der Waals surface area contributed by atoms with E-state index in [-0.39, 0.29) is 49.4 Å². The molecule has 2 aromatic rings. The van der Waals surface area contributed by atoms with Crippen molar-refractivity contribution in [2.45, 2.75) is 109 Å². The van der Waals surface area contributed by atoms with Crippen molar-refractivity contribution in [1.29, 1.82) is 0 Å². The SMILES string of the molecule is CCCSCCC(=O)NC(C)(COCc1cn(CCCS)nn1)COCc1cn(CCCSC(C)CC(CC)C(=O)NC(CO)(CO)CO)nn1. The number of aromatic nitrogens is 6. The largest absolute Gasteiger partial charge is 0.394 e. The first-order valence-electron chi connectivity index (χ1n) is 17.7. The summed E-state index contributed by atoms with van der Waals surface area (Å²) in [7, 11) is 0. The summed E-state index contributed by atoms with van der Waals surface area (Å²) in [5, 5.41) is 51.4.